The molecule has 0 radical (unpaired) electrons. The molecule has 0 spiro atoms. The average molecular weight is 332 g/mol. The summed E-state index contributed by atoms with van der Waals surface area (Å²) in [6.45, 7) is 4.30. The minimum atomic E-state index is -0.437. The van der Waals surface area contributed by atoms with E-state index in [1.165, 1.54) is 0 Å². The Hall–Kier alpha value is -3.08. The Morgan fingerprint density at radius 1 is 1.04 bits per heavy atom. The molecule has 4 aromatic rings. The van der Waals surface area contributed by atoms with Gasteiger partial charge in [-0.2, -0.15) is 0 Å². The molecule has 0 atom stereocenters. The van der Waals surface area contributed by atoms with Gasteiger partial charge in [-0.3, -0.25) is 0 Å². The summed E-state index contributed by atoms with van der Waals surface area (Å²) in [4.78, 5) is 19.1. The molecule has 3 heterocycles. The number of para-hydroxylation sites is 2. The predicted octanol–water partition coefficient (Wildman–Crippen LogP) is 4.06. The minimum Gasteiger partial charge on any atom is -0.436 e. The first kappa shape index (κ1) is 14.3. The molecule has 1 saturated heterocycles. The van der Waals surface area contributed by atoms with Gasteiger partial charge in [-0.25, -0.2) is 9.78 Å². The monoisotopic (exact) mass is 332 g/mol. The van der Waals surface area contributed by atoms with Gasteiger partial charge < -0.3 is 13.7 Å². The fourth-order valence-electron chi connectivity index (χ4n) is 3.34. The topological polar surface area (TPSA) is 59.5 Å². The highest BCUT2D eigenvalue weighted by Gasteiger charge is 2.23. The smallest absolute Gasteiger partial charge is 0.349 e. The molecule has 5 nitrogen and oxygen atoms in total. The number of oxazole rings is 1. The largest absolute Gasteiger partial charge is 0.436 e. The van der Waals surface area contributed by atoms with Gasteiger partial charge in [-0.1, -0.05) is 19.1 Å². The average Bonchev–Trinajstić information content (AvgIpc) is 3.01. The van der Waals surface area contributed by atoms with E-state index in [1.54, 1.807) is 6.07 Å². The van der Waals surface area contributed by atoms with Gasteiger partial charge in [0, 0.05) is 30.2 Å². The maximum Gasteiger partial charge on any atom is 0.349 e. The van der Waals surface area contributed by atoms with Crippen LogP contribution < -0.4 is 10.5 Å². The maximum absolute atomic E-state index is 12.4. The maximum atomic E-state index is 12.4. The third-order valence-electron chi connectivity index (χ3n) is 4.67. The van der Waals surface area contributed by atoms with Crippen molar-refractivity contribution in [1.29, 1.82) is 0 Å². The summed E-state index contributed by atoms with van der Waals surface area (Å²) in [5.41, 5.74) is 2.95. The van der Waals surface area contributed by atoms with Gasteiger partial charge in [0.2, 0.25) is 5.89 Å². The normalized spacial score (nSPS) is 15.0. The van der Waals surface area contributed by atoms with E-state index in [1.807, 2.05) is 36.4 Å². The molecule has 2 aromatic heterocycles. The van der Waals surface area contributed by atoms with Crippen LogP contribution in [0.25, 0.3) is 33.5 Å². The minimum absolute atomic E-state index is 0.289. The summed E-state index contributed by atoms with van der Waals surface area (Å²) in [6, 6.07) is 15.2. The lowest BCUT2D eigenvalue weighted by molar-refractivity contribution is 0.447. The van der Waals surface area contributed by atoms with Crippen molar-refractivity contribution in [1.82, 2.24) is 4.98 Å². The van der Waals surface area contributed by atoms with Crippen LogP contribution in [0.1, 0.15) is 6.92 Å². The van der Waals surface area contributed by atoms with Gasteiger partial charge in [0.05, 0.1) is 0 Å². The number of rotatable bonds is 2. The lowest BCUT2D eigenvalue weighted by atomic mass is 10.0. The highest BCUT2D eigenvalue weighted by Crippen LogP contribution is 2.29. The summed E-state index contributed by atoms with van der Waals surface area (Å²) < 4.78 is 11.3. The quantitative estimate of drug-likeness (QED) is 0.518. The van der Waals surface area contributed by atoms with Crippen molar-refractivity contribution in [2.45, 2.75) is 6.92 Å². The van der Waals surface area contributed by atoms with Crippen LogP contribution in [-0.4, -0.2) is 18.1 Å². The number of hydrogen-bond acceptors (Lipinski definition) is 5. The van der Waals surface area contributed by atoms with Crippen LogP contribution in [0.2, 0.25) is 0 Å². The second-order valence-electron chi connectivity index (χ2n) is 6.67. The fraction of sp³-hybridized carbons (Fsp3) is 0.200. The Labute approximate surface area is 143 Å². The second-order valence-corrected chi connectivity index (χ2v) is 6.67. The molecule has 0 bridgehead atoms. The second kappa shape index (κ2) is 5.21. The molecule has 1 aliphatic heterocycles. The van der Waals surface area contributed by atoms with Crippen molar-refractivity contribution in [3.8, 4) is 11.5 Å². The van der Waals surface area contributed by atoms with Crippen molar-refractivity contribution in [3.05, 3.63) is 59.0 Å². The lowest BCUT2D eigenvalue weighted by Crippen LogP contribution is -2.45. The summed E-state index contributed by atoms with van der Waals surface area (Å²) >= 11 is 0. The molecular weight excluding hydrogens is 316 g/mol. The molecule has 0 saturated carbocycles. The molecule has 0 aliphatic carbocycles. The third-order valence-corrected chi connectivity index (χ3v) is 4.67. The van der Waals surface area contributed by atoms with Crippen LogP contribution in [0.5, 0.6) is 0 Å². The standard InChI is InChI=1S/C20H16N2O3/c1-12-10-22(11-12)14-7-6-13-8-15(20(23)25-18(13)9-14)19-21-16-4-2-3-5-17(16)24-19/h2-9,12H,10-11H2,1H3. The van der Waals surface area contributed by atoms with E-state index >= 15 is 0 Å². The number of nitrogens with zero attached hydrogens (tertiary/aromatic N) is 2. The SMILES string of the molecule is CC1CN(c2ccc3cc(-c4nc5ccccc5o4)c(=O)oc3c2)C1. The highest BCUT2D eigenvalue weighted by molar-refractivity contribution is 5.84. The first-order valence-corrected chi connectivity index (χ1v) is 8.36. The Morgan fingerprint density at radius 3 is 2.68 bits per heavy atom. The van der Waals surface area contributed by atoms with Crippen molar-refractivity contribution in [3.63, 3.8) is 0 Å². The summed E-state index contributed by atoms with van der Waals surface area (Å²) in [6.07, 6.45) is 0. The van der Waals surface area contributed by atoms with Crippen LogP contribution in [0.3, 0.4) is 0 Å². The molecule has 5 heteroatoms. The van der Waals surface area contributed by atoms with Crippen LogP contribution in [0.15, 0.2) is 62.2 Å². The van der Waals surface area contributed by atoms with Gasteiger partial charge in [0.25, 0.3) is 0 Å². The van der Waals surface area contributed by atoms with Gasteiger partial charge in [-0.15, -0.1) is 0 Å². The zero-order valence-corrected chi connectivity index (χ0v) is 13.7. The first-order chi connectivity index (χ1) is 12.2. The summed E-state index contributed by atoms with van der Waals surface area (Å²) in [5.74, 6) is 1.00. The number of aromatic nitrogens is 1. The van der Waals surface area contributed by atoms with Gasteiger partial charge in [0.15, 0.2) is 5.58 Å². The van der Waals surface area contributed by atoms with Crippen LogP contribution in [0, 0.1) is 5.92 Å². The number of hydrogen-bond donors (Lipinski definition) is 0. The number of fused-ring (bicyclic) bond motifs is 2. The molecule has 0 N–H and O–H groups in total. The van der Waals surface area contributed by atoms with Crippen LogP contribution in [-0.2, 0) is 0 Å². The Bertz CT molecular complexity index is 1120. The van der Waals surface area contributed by atoms with E-state index in [4.69, 9.17) is 8.83 Å². The van der Waals surface area contributed by atoms with Crippen LogP contribution in [0.4, 0.5) is 5.69 Å². The number of benzene rings is 2. The predicted molar refractivity (Wildman–Crippen MR) is 96.9 cm³/mol. The zero-order valence-electron chi connectivity index (χ0n) is 13.7. The molecule has 0 amide bonds. The van der Waals surface area contributed by atoms with E-state index in [0.29, 0.717) is 22.6 Å². The molecule has 2 aromatic carbocycles. The van der Waals surface area contributed by atoms with Crippen molar-refractivity contribution >= 4 is 27.8 Å². The molecule has 1 fully saturated rings. The van der Waals surface area contributed by atoms with Gasteiger partial charge in [0.1, 0.15) is 16.7 Å². The summed E-state index contributed by atoms with van der Waals surface area (Å²) in [7, 11) is 0. The van der Waals surface area contributed by atoms with Crippen molar-refractivity contribution in [2.75, 3.05) is 18.0 Å². The molecule has 124 valence electrons. The Kier molecular flexibility index (Phi) is 2.98. The first-order valence-electron chi connectivity index (χ1n) is 8.36. The summed E-state index contributed by atoms with van der Waals surface area (Å²) in [5, 5.41) is 0.856. The highest BCUT2D eigenvalue weighted by atomic mass is 16.4. The molecule has 1 aliphatic rings. The van der Waals surface area contributed by atoms with E-state index in [-0.39, 0.29) is 5.89 Å². The lowest BCUT2D eigenvalue weighted by Gasteiger charge is -2.39. The van der Waals surface area contributed by atoms with E-state index < -0.39 is 5.63 Å². The Morgan fingerprint density at radius 2 is 1.88 bits per heavy atom. The van der Waals surface area contributed by atoms with Gasteiger partial charge in [-0.05, 0) is 36.2 Å². The molecule has 0 unspecified atom stereocenters. The number of anilines is 1. The van der Waals surface area contributed by atoms with E-state index in [9.17, 15) is 4.79 Å². The third kappa shape index (κ3) is 2.31. The van der Waals surface area contributed by atoms with Crippen molar-refractivity contribution < 1.29 is 8.83 Å². The molecule has 5 rings (SSSR count). The van der Waals surface area contributed by atoms with E-state index in [2.05, 4.69) is 22.9 Å². The van der Waals surface area contributed by atoms with Crippen LogP contribution >= 0.6 is 0 Å². The van der Waals surface area contributed by atoms with E-state index in [0.717, 1.165) is 29.7 Å². The van der Waals surface area contributed by atoms with Gasteiger partial charge >= 0.3 is 5.63 Å². The molecular formula is C20H16N2O3. The molecule has 25 heavy (non-hydrogen) atoms. The fourth-order valence-corrected chi connectivity index (χ4v) is 3.34. The zero-order chi connectivity index (χ0) is 17.0. The van der Waals surface area contributed by atoms with Crippen molar-refractivity contribution in [2.24, 2.45) is 5.92 Å². The Balaban J connectivity index is 1.61.